The van der Waals surface area contributed by atoms with Gasteiger partial charge in [-0.15, -0.1) is 0 Å². The Hall–Kier alpha value is -1.61. The number of rotatable bonds is 4. The summed E-state index contributed by atoms with van der Waals surface area (Å²) >= 11 is 6.10. The molecule has 0 aliphatic rings. The lowest BCUT2D eigenvalue weighted by Crippen LogP contribution is -2.23. The topological polar surface area (TPSA) is 33.2 Å². The summed E-state index contributed by atoms with van der Waals surface area (Å²) in [5, 5.41) is 1.23. The monoisotopic (exact) mass is 262 g/mol. The molecule has 0 atom stereocenters. The van der Waals surface area contributed by atoms with E-state index in [-0.39, 0.29) is 5.15 Å². The molecule has 0 aliphatic carbocycles. The Labute approximate surface area is 111 Å². The van der Waals surface area contributed by atoms with Crippen molar-refractivity contribution in [3.05, 3.63) is 35.0 Å². The van der Waals surface area contributed by atoms with E-state index in [1.807, 2.05) is 24.3 Å². The second-order valence-corrected chi connectivity index (χ2v) is 4.33. The SMILES string of the molecule is CCN(CC)c1c(C=O)c(Cl)nc2ccccc12. The van der Waals surface area contributed by atoms with Crippen LogP contribution in [0.4, 0.5) is 5.69 Å². The highest BCUT2D eigenvalue weighted by atomic mass is 35.5. The zero-order valence-corrected chi connectivity index (χ0v) is 11.2. The fraction of sp³-hybridized carbons (Fsp3) is 0.286. The zero-order valence-electron chi connectivity index (χ0n) is 10.5. The minimum atomic E-state index is 0.269. The average Bonchev–Trinajstić information content (AvgIpc) is 2.40. The number of nitrogens with zero attached hydrogens (tertiary/aromatic N) is 2. The van der Waals surface area contributed by atoms with Crippen molar-refractivity contribution < 1.29 is 4.79 Å². The van der Waals surface area contributed by atoms with Gasteiger partial charge in [0.05, 0.1) is 16.8 Å². The summed E-state index contributed by atoms with van der Waals surface area (Å²) in [5.41, 5.74) is 2.17. The highest BCUT2D eigenvalue weighted by Crippen LogP contribution is 2.32. The van der Waals surface area contributed by atoms with Crippen molar-refractivity contribution in [2.75, 3.05) is 18.0 Å². The molecule has 0 unspecified atom stereocenters. The second kappa shape index (κ2) is 5.36. The van der Waals surface area contributed by atoms with E-state index >= 15 is 0 Å². The van der Waals surface area contributed by atoms with Crippen molar-refractivity contribution in [2.45, 2.75) is 13.8 Å². The van der Waals surface area contributed by atoms with Crippen LogP contribution in [-0.4, -0.2) is 24.4 Å². The van der Waals surface area contributed by atoms with Crippen LogP contribution in [0.1, 0.15) is 24.2 Å². The Morgan fingerprint density at radius 3 is 2.56 bits per heavy atom. The van der Waals surface area contributed by atoms with Gasteiger partial charge in [-0.25, -0.2) is 4.98 Å². The van der Waals surface area contributed by atoms with Crippen LogP contribution in [-0.2, 0) is 0 Å². The van der Waals surface area contributed by atoms with Crippen molar-refractivity contribution in [2.24, 2.45) is 0 Å². The predicted molar refractivity (Wildman–Crippen MR) is 75.7 cm³/mol. The number of para-hydroxylation sites is 1. The first-order valence-electron chi connectivity index (χ1n) is 6.01. The first-order valence-corrected chi connectivity index (χ1v) is 6.39. The Balaban J connectivity index is 2.83. The van der Waals surface area contributed by atoms with Gasteiger partial charge in [0.1, 0.15) is 5.15 Å². The number of anilines is 1. The number of carbonyl (C=O) groups is 1. The molecule has 0 saturated carbocycles. The van der Waals surface area contributed by atoms with Gasteiger partial charge in [-0.1, -0.05) is 29.8 Å². The Morgan fingerprint density at radius 1 is 1.28 bits per heavy atom. The molecule has 1 aromatic carbocycles. The lowest BCUT2D eigenvalue weighted by molar-refractivity contribution is 0.112. The fourth-order valence-electron chi connectivity index (χ4n) is 2.17. The van der Waals surface area contributed by atoms with Crippen LogP contribution >= 0.6 is 11.6 Å². The highest BCUT2D eigenvalue weighted by molar-refractivity contribution is 6.33. The van der Waals surface area contributed by atoms with Crippen molar-refractivity contribution in [1.82, 2.24) is 4.98 Å². The summed E-state index contributed by atoms with van der Waals surface area (Å²) in [4.78, 5) is 17.7. The molecule has 1 aromatic heterocycles. The number of halogens is 1. The lowest BCUT2D eigenvalue weighted by atomic mass is 10.1. The van der Waals surface area contributed by atoms with Crippen molar-refractivity contribution in [3.63, 3.8) is 0 Å². The molecule has 0 fully saturated rings. The van der Waals surface area contributed by atoms with Crippen LogP contribution in [0.25, 0.3) is 10.9 Å². The van der Waals surface area contributed by atoms with Gasteiger partial charge < -0.3 is 4.90 Å². The van der Waals surface area contributed by atoms with Gasteiger partial charge in [0, 0.05) is 18.5 Å². The maximum absolute atomic E-state index is 11.3. The summed E-state index contributed by atoms with van der Waals surface area (Å²) < 4.78 is 0. The third-order valence-corrected chi connectivity index (χ3v) is 3.34. The van der Waals surface area contributed by atoms with E-state index in [1.165, 1.54) is 0 Å². The summed E-state index contributed by atoms with van der Waals surface area (Å²) in [6.07, 6.45) is 0.787. The number of pyridine rings is 1. The predicted octanol–water partition coefficient (Wildman–Crippen LogP) is 3.55. The molecule has 94 valence electrons. The number of aromatic nitrogens is 1. The van der Waals surface area contributed by atoms with E-state index in [2.05, 4.69) is 23.7 Å². The minimum absolute atomic E-state index is 0.269. The molecule has 1 heterocycles. The molecule has 0 aliphatic heterocycles. The lowest BCUT2D eigenvalue weighted by Gasteiger charge is -2.24. The quantitative estimate of drug-likeness (QED) is 0.624. The smallest absolute Gasteiger partial charge is 0.155 e. The van der Waals surface area contributed by atoms with Gasteiger partial charge in [0.15, 0.2) is 6.29 Å². The van der Waals surface area contributed by atoms with Gasteiger partial charge in [-0.3, -0.25) is 4.79 Å². The van der Waals surface area contributed by atoms with Crippen LogP contribution in [0, 0.1) is 0 Å². The van der Waals surface area contributed by atoms with E-state index in [1.54, 1.807) is 0 Å². The van der Waals surface area contributed by atoms with E-state index < -0.39 is 0 Å². The Morgan fingerprint density at radius 2 is 1.94 bits per heavy atom. The molecule has 4 heteroatoms. The van der Waals surface area contributed by atoms with Gasteiger partial charge in [-0.2, -0.15) is 0 Å². The van der Waals surface area contributed by atoms with E-state index in [9.17, 15) is 4.79 Å². The normalized spacial score (nSPS) is 10.6. The maximum atomic E-state index is 11.3. The largest absolute Gasteiger partial charge is 0.371 e. The summed E-state index contributed by atoms with van der Waals surface area (Å²) in [5.74, 6) is 0. The molecule has 0 spiro atoms. The molecule has 3 nitrogen and oxygen atoms in total. The molecule has 18 heavy (non-hydrogen) atoms. The van der Waals surface area contributed by atoms with Crippen LogP contribution in [0.5, 0.6) is 0 Å². The molecule has 2 rings (SSSR count). The number of carbonyl (C=O) groups excluding carboxylic acids is 1. The van der Waals surface area contributed by atoms with E-state index in [4.69, 9.17) is 11.6 Å². The van der Waals surface area contributed by atoms with Gasteiger partial charge in [-0.05, 0) is 19.9 Å². The molecule has 0 saturated heterocycles. The van der Waals surface area contributed by atoms with Crippen molar-refractivity contribution >= 4 is 34.5 Å². The van der Waals surface area contributed by atoms with Crippen LogP contribution in [0.15, 0.2) is 24.3 Å². The van der Waals surface area contributed by atoms with Crippen LogP contribution in [0.2, 0.25) is 5.15 Å². The summed E-state index contributed by atoms with van der Waals surface area (Å²) in [6, 6.07) is 7.74. The van der Waals surface area contributed by atoms with Crippen LogP contribution in [0.3, 0.4) is 0 Å². The number of hydrogen-bond donors (Lipinski definition) is 0. The van der Waals surface area contributed by atoms with Crippen molar-refractivity contribution in [1.29, 1.82) is 0 Å². The highest BCUT2D eigenvalue weighted by Gasteiger charge is 2.16. The molecule has 0 amide bonds. The zero-order chi connectivity index (χ0) is 13.1. The molecule has 0 bridgehead atoms. The molecular weight excluding hydrogens is 248 g/mol. The number of fused-ring (bicyclic) bond motifs is 1. The summed E-state index contributed by atoms with van der Waals surface area (Å²) in [6.45, 7) is 5.76. The Bertz CT molecular complexity index is 579. The molecule has 2 aromatic rings. The van der Waals surface area contributed by atoms with Gasteiger partial charge in [0.25, 0.3) is 0 Å². The number of benzene rings is 1. The van der Waals surface area contributed by atoms with Gasteiger partial charge in [0.2, 0.25) is 0 Å². The molecular formula is C14H15ClN2O. The third-order valence-electron chi connectivity index (χ3n) is 3.05. The van der Waals surface area contributed by atoms with E-state index in [0.29, 0.717) is 5.56 Å². The second-order valence-electron chi connectivity index (χ2n) is 3.97. The summed E-state index contributed by atoms with van der Waals surface area (Å²) in [7, 11) is 0. The Kier molecular flexibility index (Phi) is 3.82. The molecule has 0 radical (unpaired) electrons. The minimum Gasteiger partial charge on any atom is -0.371 e. The van der Waals surface area contributed by atoms with Gasteiger partial charge >= 0.3 is 0 Å². The van der Waals surface area contributed by atoms with E-state index in [0.717, 1.165) is 36.0 Å². The van der Waals surface area contributed by atoms with Crippen molar-refractivity contribution in [3.8, 4) is 0 Å². The first kappa shape index (κ1) is 12.8. The fourth-order valence-corrected chi connectivity index (χ4v) is 2.39. The number of aldehydes is 1. The standard InChI is InChI=1S/C14H15ClN2O/c1-3-17(4-2)13-10-7-5-6-8-12(10)16-14(15)11(13)9-18/h5-9H,3-4H2,1-2H3. The third kappa shape index (κ3) is 2.06. The molecule has 0 N–H and O–H groups in total. The number of hydrogen-bond acceptors (Lipinski definition) is 3. The van der Waals surface area contributed by atoms with Crippen LogP contribution < -0.4 is 4.90 Å². The average molecular weight is 263 g/mol. The first-order chi connectivity index (χ1) is 8.72. The maximum Gasteiger partial charge on any atom is 0.155 e.